The average molecular weight is 279 g/mol. The second-order valence-electron chi connectivity index (χ2n) is 4.20. The zero-order valence-electron chi connectivity index (χ0n) is 10.8. The van der Waals surface area contributed by atoms with Crippen molar-refractivity contribution < 1.29 is 9.90 Å². The molecule has 0 saturated heterocycles. The highest BCUT2D eigenvalue weighted by molar-refractivity contribution is 6.33. The summed E-state index contributed by atoms with van der Waals surface area (Å²) in [7, 11) is 1.87. The lowest BCUT2D eigenvalue weighted by atomic mass is 10.1. The number of hydrogen-bond donors (Lipinski definition) is 1. The SMILES string of the molecule is CC(CC#N)N(C)c1ccc(/C=C/C(=O)O)cc1Cl. The van der Waals surface area contributed by atoms with E-state index in [0.717, 1.165) is 17.3 Å². The van der Waals surface area contributed by atoms with Crippen molar-refractivity contribution in [3.8, 4) is 6.07 Å². The first-order valence-electron chi connectivity index (χ1n) is 5.76. The molecule has 0 bridgehead atoms. The molecular weight excluding hydrogens is 264 g/mol. The number of nitriles is 1. The van der Waals surface area contributed by atoms with E-state index in [1.807, 2.05) is 24.9 Å². The number of nitrogens with zero attached hydrogens (tertiary/aromatic N) is 2. The largest absolute Gasteiger partial charge is 0.478 e. The topological polar surface area (TPSA) is 64.3 Å². The van der Waals surface area contributed by atoms with Gasteiger partial charge < -0.3 is 10.0 Å². The summed E-state index contributed by atoms with van der Waals surface area (Å²) in [5.41, 5.74) is 1.54. The van der Waals surface area contributed by atoms with Gasteiger partial charge in [-0.05, 0) is 30.7 Å². The van der Waals surface area contributed by atoms with Crippen molar-refractivity contribution in [1.82, 2.24) is 0 Å². The molecule has 0 fully saturated rings. The van der Waals surface area contributed by atoms with Crippen LogP contribution in [0, 0.1) is 11.3 Å². The van der Waals surface area contributed by atoms with Gasteiger partial charge in [0.25, 0.3) is 0 Å². The number of hydrogen-bond acceptors (Lipinski definition) is 3. The summed E-state index contributed by atoms with van der Waals surface area (Å²) in [4.78, 5) is 12.4. The minimum atomic E-state index is -1.00. The highest BCUT2D eigenvalue weighted by Crippen LogP contribution is 2.28. The number of rotatable bonds is 5. The van der Waals surface area contributed by atoms with Gasteiger partial charge in [-0.2, -0.15) is 5.26 Å². The van der Waals surface area contributed by atoms with Crippen molar-refractivity contribution in [3.05, 3.63) is 34.9 Å². The minimum Gasteiger partial charge on any atom is -0.478 e. The summed E-state index contributed by atoms with van der Waals surface area (Å²) in [5.74, 6) is -1.00. The zero-order valence-corrected chi connectivity index (χ0v) is 11.6. The molecule has 0 heterocycles. The molecule has 1 unspecified atom stereocenters. The number of carboxylic acid groups (broad SMARTS) is 1. The average Bonchev–Trinajstić information content (AvgIpc) is 2.36. The summed E-state index contributed by atoms with van der Waals surface area (Å²) in [6, 6.07) is 7.48. The fourth-order valence-electron chi connectivity index (χ4n) is 1.59. The van der Waals surface area contributed by atoms with Gasteiger partial charge in [0.2, 0.25) is 0 Å². The van der Waals surface area contributed by atoms with Gasteiger partial charge in [0.1, 0.15) is 0 Å². The van der Waals surface area contributed by atoms with E-state index in [4.69, 9.17) is 22.0 Å². The third-order valence-electron chi connectivity index (χ3n) is 2.82. The Bertz CT molecular complexity index is 535. The molecule has 19 heavy (non-hydrogen) atoms. The van der Waals surface area contributed by atoms with E-state index in [2.05, 4.69) is 6.07 Å². The third kappa shape index (κ3) is 4.31. The van der Waals surface area contributed by atoms with E-state index in [9.17, 15) is 4.79 Å². The summed E-state index contributed by atoms with van der Waals surface area (Å²) in [6.45, 7) is 1.94. The van der Waals surface area contributed by atoms with E-state index in [1.165, 1.54) is 6.08 Å². The Hall–Kier alpha value is -1.99. The van der Waals surface area contributed by atoms with Gasteiger partial charge in [-0.25, -0.2) is 4.79 Å². The molecule has 0 aliphatic heterocycles. The highest BCUT2D eigenvalue weighted by atomic mass is 35.5. The molecule has 4 nitrogen and oxygen atoms in total. The first-order chi connectivity index (χ1) is 8.95. The van der Waals surface area contributed by atoms with E-state index in [0.29, 0.717) is 11.4 Å². The van der Waals surface area contributed by atoms with Crippen LogP contribution in [0.4, 0.5) is 5.69 Å². The Morgan fingerprint density at radius 2 is 2.32 bits per heavy atom. The Labute approximate surface area is 117 Å². The normalized spacial score (nSPS) is 12.1. The third-order valence-corrected chi connectivity index (χ3v) is 3.12. The summed E-state index contributed by atoms with van der Waals surface area (Å²) in [5, 5.41) is 17.8. The maximum atomic E-state index is 10.4. The van der Waals surface area contributed by atoms with E-state index < -0.39 is 5.97 Å². The second kappa shape index (κ2) is 6.81. The highest BCUT2D eigenvalue weighted by Gasteiger charge is 2.12. The fourth-order valence-corrected chi connectivity index (χ4v) is 1.91. The van der Waals surface area contributed by atoms with Crippen LogP contribution in [0.25, 0.3) is 6.08 Å². The molecule has 0 aromatic heterocycles. The van der Waals surface area contributed by atoms with Gasteiger partial charge in [0.15, 0.2) is 0 Å². The number of anilines is 1. The lowest BCUT2D eigenvalue weighted by Crippen LogP contribution is -2.28. The summed E-state index contributed by atoms with van der Waals surface area (Å²) < 4.78 is 0. The Morgan fingerprint density at radius 1 is 1.63 bits per heavy atom. The number of halogens is 1. The van der Waals surface area contributed by atoms with Gasteiger partial charge in [-0.15, -0.1) is 0 Å². The smallest absolute Gasteiger partial charge is 0.328 e. The molecular formula is C14H15ClN2O2. The predicted molar refractivity (Wildman–Crippen MR) is 76.2 cm³/mol. The second-order valence-corrected chi connectivity index (χ2v) is 4.61. The molecule has 0 radical (unpaired) electrons. The van der Waals surface area contributed by atoms with Crippen molar-refractivity contribution >= 4 is 29.3 Å². The van der Waals surface area contributed by atoms with Crippen LogP contribution in [0.1, 0.15) is 18.9 Å². The molecule has 5 heteroatoms. The van der Waals surface area contributed by atoms with Crippen LogP contribution in [0.15, 0.2) is 24.3 Å². The van der Waals surface area contributed by atoms with Crippen molar-refractivity contribution in [3.63, 3.8) is 0 Å². The van der Waals surface area contributed by atoms with Gasteiger partial charge in [-0.1, -0.05) is 17.7 Å². The van der Waals surface area contributed by atoms with Crippen molar-refractivity contribution in [2.75, 3.05) is 11.9 Å². The van der Waals surface area contributed by atoms with Crippen molar-refractivity contribution in [2.24, 2.45) is 0 Å². The zero-order chi connectivity index (χ0) is 14.4. The molecule has 0 amide bonds. The summed E-state index contributed by atoms with van der Waals surface area (Å²) >= 11 is 6.18. The molecule has 1 rings (SSSR count). The first kappa shape index (κ1) is 15.1. The van der Waals surface area contributed by atoms with Crippen LogP contribution in [0.2, 0.25) is 5.02 Å². The molecule has 1 N–H and O–H groups in total. The van der Waals surface area contributed by atoms with E-state index >= 15 is 0 Å². The first-order valence-corrected chi connectivity index (χ1v) is 6.14. The molecule has 1 aromatic rings. The van der Waals surface area contributed by atoms with Crippen LogP contribution in [-0.2, 0) is 4.79 Å². The Kier molecular flexibility index (Phi) is 5.40. The molecule has 0 aliphatic carbocycles. The maximum absolute atomic E-state index is 10.4. The standard InChI is InChI=1S/C14H15ClN2O2/c1-10(7-8-16)17(2)13-5-3-11(9-12(13)15)4-6-14(18)19/h3-6,9-10H,7H2,1-2H3,(H,18,19)/b6-4+. The van der Waals surface area contributed by atoms with Crippen LogP contribution < -0.4 is 4.90 Å². The van der Waals surface area contributed by atoms with Crippen LogP contribution >= 0.6 is 11.6 Å². The van der Waals surface area contributed by atoms with Gasteiger partial charge in [-0.3, -0.25) is 0 Å². The van der Waals surface area contributed by atoms with Gasteiger partial charge in [0.05, 0.1) is 23.2 Å². The van der Waals surface area contributed by atoms with Crippen molar-refractivity contribution in [1.29, 1.82) is 5.26 Å². The Morgan fingerprint density at radius 3 is 2.84 bits per heavy atom. The van der Waals surface area contributed by atoms with Crippen LogP contribution in [0.5, 0.6) is 0 Å². The van der Waals surface area contributed by atoms with Crippen LogP contribution in [0.3, 0.4) is 0 Å². The monoisotopic (exact) mass is 278 g/mol. The maximum Gasteiger partial charge on any atom is 0.328 e. The molecule has 0 saturated carbocycles. The van der Waals surface area contributed by atoms with Gasteiger partial charge >= 0.3 is 5.97 Å². The predicted octanol–water partition coefficient (Wildman–Crippen LogP) is 3.18. The van der Waals surface area contributed by atoms with Gasteiger partial charge in [0, 0.05) is 19.2 Å². The van der Waals surface area contributed by atoms with Crippen LogP contribution in [-0.4, -0.2) is 24.2 Å². The fraction of sp³-hybridized carbons (Fsp3) is 0.286. The molecule has 1 aromatic carbocycles. The lowest BCUT2D eigenvalue weighted by molar-refractivity contribution is -0.131. The minimum absolute atomic E-state index is 0.0583. The van der Waals surface area contributed by atoms with Crippen molar-refractivity contribution in [2.45, 2.75) is 19.4 Å². The van der Waals surface area contributed by atoms with E-state index in [-0.39, 0.29) is 6.04 Å². The quantitative estimate of drug-likeness (QED) is 0.840. The lowest BCUT2D eigenvalue weighted by Gasteiger charge is -2.26. The number of carbonyl (C=O) groups is 1. The van der Waals surface area contributed by atoms with E-state index in [1.54, 1.807) is 12.1 Å². The Balaban J connectivity index is 2.94. The number of benzene rings is 1. The molecule has 0 aliphatic rings. The number of carboxylic acids is 1. The number of aliphatic carboxylic acids is 1. The summed E-state index contributed by atoms with van der Waals surface area (Å²) in [6.07, 6.45) is 2.96. The molecule has 1 atom stereocenters. The molecule has 0 spiro atoms. The molecule has 100 valence electrons.